The van der Waals surface area contributed by atoms with Gasteiger partial charge in [-0.05, 0) is 40.8 Å². The summed E-state index contributed by atoms with van der Waals surface area (Å²) in [5.74, 6) is -0.484. The molecule has 0 amide bonds. The van der Waals surface area contributed by atoms with E-state index in [0.717, 1.165) is 8.27 Å². The van der Waals surface area contributed by atoms with Crippen LogP contribution in [0.5, 0.6) is 5.75 Å². The van der Waals surface area contributed by atoms with Gasteiger partial charge in [0.2, 0.25) is 0 Å². The highest BCUT2D eigenvalue weighted by atomic mass is 127. The van der Waals surface area contributed by atoms with E-state index in [1.807, 2.05) is 12.1 Å². The number of benzene rings is 1. The zero-order chi connectivity index (χ0) is 11.0. The van der Waals surface area contributed by atoms with Gasteiger partial charge in [-0.3, -0.25) is 0 Å². The molecule has 0 bridgehead atoms. The molecule has 0 aliphatic heterocycles. The summed E-state index contributed by atoms with van der Waals surface area (Å²) in [5, 5.41) is 10.5. The van der Waals surface area contributed by atoms with Crippen LogP contribution in [0.4, 0.5) is 0 Å². The van der Waals surface area contributed by atoms with Gasteiger partial charge >= 0.3 is 5.97 Å². The van der Waals surface area contributed by atoms with Gasteiger partial charge in [0.1, 0.15) is 5.75 Å². The van der Waals surface area contributed by atoms with E-state index in [-0.39, 0.29) is 10.6 Å². The van der Waals surface area contributed by atoms with Crippen molar-refractivity contribution in [1.82, 2.24) is 0 Å². The second kappa shape index (κ2) is 3.97. The number of esters is 1. The van der Waals surface area contributed by atoms with Crippen molar-refractivity contribution in [3.63, 3.8) is 0 Å². The van der Waals surface area contributed by atoms with Gasteiger partial charge < -0.3 is 9.84 Å². The highest BCUT2D eigenvalue weighted by Crippen LogP contribution is 2.37. The van der Waals surface area contributed by atoms with Crippen molar-refractivity contribution < 1.29 is 14.6 Å². The number of carbonyl (C=O) groups is 1. The predicted molar refractivity (Wildman–Crippen MR) is 67.5 cm³/mol. The van der Waals surface area contributed by atoms with E-state index in [1.165, 1.54) is 18.4 Å². The molecule has 78 valence electrons. The molecule has 0 saturated carbocycles. The zero-order valence-corrected chi connectivity index (χ0v) is 10.8. The molecule has 0 radical (unpaired) electrons. The number of rotatable bonds is 1. The Morgan fingerprint density at radius 1 is 1.53 bits per heavy atom. The third-order valence-corrected chi connectivity index (χ3v) is 3.79. The molecule has 5 heteroatoms. The molecule has 0 spiro atoms. The Morgan fingerprint density at radius 3 is 2.93 bits per heavy atom. The summed E-state index contributed by atoms with van der Waals surface area (Å²) in [6, 6.07) is 5.61. The van der Waals surface area contributed by atoms with E-state index in [9.17, 15) is 9.90 Å². The summed E-state index contributed by atoms with van der Waals surface area (Å²) < 4.78 is 6.54. The topological polar surface area (TPSA) is 46.5 Å². The molecule has 0 atom stereocenters. The largest absolute Gasteiger partial charge is 0.505 e. The fourth-order valence-electron chi connectivity index (χ4n) is 1.29. The fourth-order valence-corrected chi connectivity index (χ4v) is 3.04. The van der Waals surface area contributed by atoms with Crippen LogP contribution in [0.3, 0.4) is 0 Å². The van der Waals surface area contributed by atoms with E-state index >= 15 is 0 Å². The molecule has 0 unspecified atom stereocenters. The number of halogens is 1. The molecule has 1 heterocycles. The maximum Gasteiger partial charge on any atom is 0.351 e. The summed E-state index contributed by atoms with van der Waals surface area (Å²) in [6.45, 7) is 0. The minimum Gasteiger partial charge on any atom is -0.505 e. The molecule has 3 nitrogen and oxygen atoms in total. The lowest BCUT2D eigenvalue weighted by molar-refractivity contribution is 0.0603. The monoisotopic (exact) mass is 334 g/mol. The van der Waals surface area contributed by atoms with Crippen LogP contribution in [-0.2, 0) is 4.74 Å². The molecule has 2 rings (SSSR count). The van der Waals surface area contributed by atoms with Crippen LogP contribution in [0.25, 0.3) is 10.1 Å². The van der Waals surface area contributed by atoms with E-state index < -0.39 is 5.97 Å². The molecule has 15 heavy (non-hydrogen) atoms. The van der Waals surface area contributed by atoms with Gasteiger partial charge in [0.15, 0.2) is 4.88 Å². The van der Waals surface area contributed by atoms with Gasteiger partial charge in [0.25, 0.3) is 0 Å². The number of aromatic hydroxyl groups is 1. The lowest BCUT2D eigenvalue weighted by Gasteiger charge is -1.94. The Labute approximate surface area is 104 Å². The summed E-state index contributed by atoms with van der Waals surface area (Å²) in [4.78, 5) is 11.6. The van der Waals surface area contributed by atoms with Crippen molar-refractivity contribution in [2.24, 2.45) is 0 Å². The number of methoxy groups -OCH3 is 1. The Morgan fingerprint density at radius 2 is 2.27 bits per heavy atom. The quantitative estimate of drug-likeness (QED) is 0.644. The Balaban J connectivity index is 2.69. The van der Waals surface area contributed by atoms with Crippen molar-refractivity contribution in [2.75, 3.05) is 7.11 Å². The third-order valence-electron chi connectivity index (χ3n) is 2.00. The minimum atomic E-state index is -0.497. The van der Waals surface area contributed by atoms with Gasteiger partial charge in [-0.2, -0.15) is 0 Å². The van der Waals surface area contributed by atoms with Crippen molar-refractivity contribution in [3.05, 3.63) is 26.6 Å². The Hall–Kier alpha value is -0.820. The van der Waals surface area contributed by atoms with E-state index in [1.54, 1.807) is 6.07 Å². The second-order valence-electron chi connectivity index (χ2n) is 2.91. The average molecular weight is 334 g/mol. The number of ether oxygens (including phenoxy) is 1. The van der Waals surface area contributed by atoms with Crippen LogP contribution in [0.1, 0.15) is 9.67 Å². The van der Waals surface area contributed by atoms with E-state index in [2.05, 4.69) is 27.3 Å². The normalized spacial score (nSPS) is 10.5. The van der Waals surface area contributed by atoms with Crippen LogP contribution < -0.4 is 0 Å². The van der Waals surface area contributed by atoms with Gasteiger partial charge in [-0.15, -0.1) is 11.3 Å². The maximum absolute atomic E-state index is 11.3. The number of hydrogen-bond acceptors (Lipinski definition) is 4. The summed E-state index contributed by atoms with van der Waals surface area (Å²) in [5.41, 5.74) is 0. The highest BCUT2D eigenvalue weighted by Gasteiger charge is 2.18. The first-order chi connectivity index (χ1) is 7.13. The van der Waals surface area contributed by atoms with Crippen LogP contribution in [0, 0.1) is 3.57 Å². The van der Waals surface area contributed by atoms with Gasteiger partial charge in [-0.1, -0.05) is 0 Å². The van der Waals surface area contributed by atoms with Crippen LogP contribution in [0.2, 0.25) is 0 Å². The van der Waals surface area contributed by atoms with Crippen LogP contribution >= 0.6 is 33.9 Å². The molecular formula is C10H7IO3S. The number of thiophene rings is 1. The first kappa shape index (κ1) is 10.7. The standard InChI is InChI=1S/C10H7IO3S/c1-14-10(13)9-8(12)6-3-2-5(11)4-7(6)15-9/h2-4,12H,1H3. The fraction of sp³-hybridized carbons (Fsp3) is 0.100. The molecule has 0 fully saturated rings. The minimum absolute atomic E-state index is 0.0123. The summed E-state index contributed by atoms with van der Waals surface area (Å²) in [6.07, 6.45) is 0. The van der Waals surface area contributed by atoms with Crippen molar-refractivity contribution >= 4 is 50.0 Å². The lowest BCUT2D eigenvalue weighted by atomic mass is 10.2. The van der Waals surface area contributed by atoms with Crippen LogP contribution in [-0.4, -0.2) is 18.2 Å². The maximum atomic E-state index is 11.3. The van der Waals surface area contributed by atoms with Gasteiger partial charge in [0.05, 0.1) is 7.11 Å². The zero-order valence-electron chi connectivity index (χ0n) is 7.78. The molecular weight excluding hydrogens is 327 g/mol. The van der Waals surface area contributed by atoms with Crippen molar-refractivity contribution in [1.29, 1.82) is 0 Å². The number of hydrogen-bond donors (Lipinski definition) is 1. The highest BCUT2D eigenvalue weighted by molar-refractivity contribution is 14.1. The summed E-state index contributed by atoms with van der Waals surface area (Å²) >= 11 is 3.43. The Bertz CT molecular complexity index is 533. The second-order valence-corrected chi connectivity index (χ2v) is 5.21. The Kier molecular flexibility index (Phi) is 2.83. The number of fused-ring (bicyclic) bond motifs is 1. The molecule has 0 aliphatic rings. The van der Waals surface area contributed by atoms with Crippen LogP contribution in [0.15, 0.2) is 18.2 Å². The third kappa shape index (κ3) is 1.81. The van der Waals surface area contributed by atoms with E-state index in [4.69, 9.17) is 0 Å². The molecule has 0 saturated heterocycles. The SMILES string of the molecule is COC(=O)c1sc2cc(I)ccc2c1O. The van der Waals surface area contributed by atoms with Crippen molar-refractivity contribution in [2.45, 2.75) is 0 Å². The first-order valence-corrected chi connectivity index (χ1v) is 6.02. The predicted octanol–water partition coefficient (Wildman–Crippen LogP) is 3.00. The van der Waals surface area contributed by atoms with Crippen molar-refractivity contribution in [3.8, 4) is 5.75 Å². The van der Waals surface area contributed by atoms with Gasteiger partial charge in [0, 0.05) is 13.7 Å². The molecule has 1 aromatic carbocycles. The number of carbonyl (C=O) groups excluding carboxylic acids is 1. The average Bonchev–Trinajstić information content (AvgIpc) is 2.54. The van der Waals surface area contributed by atoms with Gasteiger partial charge in [-0.25, -0.2) is 4.79 Å². The smallest absolute Gasteiger partial charge is 0.351 e. The molecule has 2 aromatic rings. The molecule has 1 aromatic heterocycles. The lowest BCUT2D eigenvalue weighted by Crippen LogP contribution is -1.97. The molecule has 1 N–H and O–H groups in total. The molecule has 0 aliphatic carbocycles. The van der Waals surface area contributed by atoms with E-state index in [0.29, 0.717) is 5.39 Å². The first-order valence-electron chi connectivity index (χ1n) is 4.13. The summed E-state index contributed by atoms with van der Waals surface area (Å²) in [7, 11) is 1.30.